The second-order valence-electron chi connectivity index (χ2n) is 5.25. The van der Waals surface area contributed by atoms with E-state index in [1.165, 1.54) is 4.57 Å². The van der Waals surface area contributed by atoms with Gasteiger partial charge in [0.15, 0.2) is 0 Å². The number of carbonyl (C=O) groups is 1. The summed E-state index contributed by atoms with van der Waals surface area (Å²) in [6, 6.07) is 6.02. The SMILES string of the molecule is CC(NC(=O)O)c1nc2cccc(Cl)c2c(=O)n1Cc1ccn[nH]1. The number of nitrogens with one attached hydrogen (secondary N) is 2. The Morgan fingerprint density at radius 3 is 2.92 bits per heavy atom. The van der Waals surface area contributed by atoms with Crippen molar-refractivity contribution in [3.05, 3.63) is 57.4 Å². The number of amides is 1. The lowest BCUT2D eigenvalue weighted by Crippen LogP contribution is -2.33. The van der Waals surface area contributed by atoms with Crippen LogP contribution < -0.4 is 10.9 Å². The molecule has 124 valence electrons. The maximum Gasteiger partial charge on any atom is 0.405 e. The van der Waals surface area contributed by atoms with Crippen LogP contribution in [-0.4, -0.2) is 30.9 Å². The first-order valence-electron chi connectivity index (χ1n) is 7.14. The average molecular weight is 348 g/mol. The molecule has 2 aromatic heterocycles. The van der Waals surface area contributed by atoms with Gasteiger partial charge in [-0.3, -0.25) is 14.5 Å². The zero-order valence-corrected chi connectivity index (χ0v) is 13.4. The molecule has 2 heterocycles. The smallest absolute Gasteiger partial charge is 0.405 e. The van der Waals surface area contributed by atoms with Crippen molar-refractivity contribution in [1.29, 1.82) is 0 Å². The quantitative estimate of drug-likeness (QED) is 0.669. The van der Waals surface area contributed by atoms with Crippen LogP contribution in [0.5, 0.6) is 0 Å². The first-order valence-corrected chi connectivity index (χ1v) is 7.52. The number of aromatic amines is 1. The van der Waals surface area contributed by atoms with E-state index < -0.39 is 12.1 Å². The van der Waals surface area contributed by atoms with Gasteiger partial charge in [0.05, 0.1) is 34.2 Å². The Morgan fingerprint density at radius 2 is 2.25 bits per heavy atom. The maximum absolute atomic E-state index is 12.9. The third-order valence-electron chi connectivity index (χ3n) is 3.58. The van der Waals surface area contributed by atoms with Crippen molar-refractivity contribution in [2.45, 2.75) is 19.5 Å². The van der Waals surface area contributed by atoms with Crippen molar-refractivity contribution in [1.82, 2.24) is 25.1 Å². The van der Waals surface area contributed by atoms with Crippen LogP contribution in [0, 0.1) is 0 Å². The summed E-state index contributed by atoms with van der Waals surface area (Å²) in [5, 5.41) is 18.5. The van der Waals surface area contributed by atoms with E-state index in [1.807, 2.05) is 0 Å². The predicted octanol–water partition coefficient (Wildman–Crippen LogP) is 2.15. The number of fused-ring (bicyclic) bond motifs is 1. The molecule has 0 saturated heterocycles. The van der Waals surface area contributed by atoms with E-state index in [4.69, 9.17) is 16.7 Å². The van der Waals surface area contributed by atoms with Crippen molar-refractivity contribution in [3.8, 4) is 0 Å². The third kappa shape index (κ3) is 2.95. The van der Waals surface area contributed by atoms with Crippen LogP contribution in [-0.2, 0) is 6.54 Å². The molecule has 3 aromatic rings. The summed E-state index contributed by atoms with van der Waals surface area (Å²) in [4.78, 5) is 28.3. The molecule has 3 N–H and O–H groups in total. The molecule has 0 saturated carbocycles. The first-order chi connectivity index (χ1) is 11.5. The molecule has 1 amide bonds. The highest BCUT2D eigenvalue weighted by Gasteiger charge is 2.19. The average Bonchev–Trinajstić information content (AvgIpc) is 3.02. The number of hydrogen-bond donors (Lipinski definition) is 3. The zero-order valence-electron chi connectivity index (χ0n) is 12.7. The minimum Gasteiger partial charge on any atom is -0.465 e. The van der Waals surface area contributed by atoms with E-state index in [0.717, 1.165) is 0 Å². The van der Waals surface area contributed by atoms with Crippen LogP contribution in [0.25, 0.3) is 10.9 Å². The summed E-state index contributed by atoms with van der Waals surface area (Å²) < 4.78 is 1.39. The van der Waals surface area contributed by atoms with Crippen LogP contribution in [0.4, 0.5) is 4.79 Å². The van der Waals surface area contributed by atoms with E-state index in [0.29, 0.717) is 27.4 Å². The van der Waals surface area contributed by atoms with Gasteiger partial charge >= 0.3 is 6.09 Å². The Hall–Kier alpha value is -2.87. The fourth-order valence-electron chi connectivity index (χ4n) is 2.52. The first kappa shape index (κ1) is 16.0. The number of rotatable bonds is 4. The summed E-state index contributed by atoms with van der Waals surface area (Å²) in [5.41, 5.74) is 0.769. The van der Waals surface area contributed by atoms with Gasteiger partial charge in [0, 0.05) is 6.20 Å². The Bertz CT molecular complexity index is 952. The number of carboxylic acid groups (broad SMARTS) is 1. The van der Waals surface area contributed by atoms with Crippen LogP contribution >= 0.6 is 11.6 Å². The molecule has 0 aliphatic heterocycles. The molecule has 9 heteroatoms. The largest absolute Gasteiger partial charge is 0.465 e. The van der Waals surface area contributed by atoms with Crippen molar-refractivity contribution in [3.63, 3.8) is 0 Å². The number of benzene rings is 1. The molecule has 0 aliphatic rings. The highest BCUT2D eigenvalue weighted by atomic mass is 35.5. The van der Waals surface area contributed by atoms with Gasteiger partial charge in [-0.15, -0.1) is 0 Å². The third-order valence-corrected chi connectivity index (χ3v) is 3.89. The number of aromatic nitrogens is 4. The highest BCUT2D eigenvalue weighted by molar-refractivity contribution is 6.35. The fraction of sp³-hybridized carbons (Fsp3) is 0.200. The monoisotopic (exact) mass is 347 g/mol. The summed E-state index contributed by atoms with van der Waals surface area (Å²) in [5.74, 6) is 0.298. The second kappa shape index (κ2) is 6.32. The summed E-state index contributed by atoms with van der Waals surface area (Å²) >= 11 is 6.15. The van der Waals surface area contributed by atoms with Crippen LogP contribution in [0.15, 0.2) is 35.3 Å². The van der Waals surface area contributed by atoms with Gasteiger partial charge in [-0.1, -0.05) is 17.7 Å². The standard InChI is InChI=1S/C15H14ClN5O3/c1-8(18-15(23)24)13-19-11-4-2-3-10(16)12(11)14(22)21(13)7-9-5-6-17-20-9/h2-6,8,18H,7H2,1H3,(H,17,20)(H,23,24). The van der Waals surface area contributed by atoms with Gasteiger partial charge < -0.3 is 10.4 Å². The molecule has 1 aromatic carbocycles. The Labute approximate surface area is 141 Å². The summed E-state index contributed by atoms with van der Waals surface area (Å²) in [7, 11) is 0. The van der Waals surface area contributed by atoms with E-state index in [2.05, 4.69) is 20.5 Å². The lowest BCUT2D eigenvalue weighted by atomic mass is 10.2. The molecule has 0 bridgehead atoms. The highest BCUT2D eigenvalue weighted by Crippen LogP contribution is 2.21. The molecule has 0 fully saturated rings. The van der Waals surface area contributed by atoms with E-state index in [9.17, 15) is 9.59 Å². The number of halogens is 1. The maximum atomic E-state index is 12.9. The summed E-state index contributed by atoms with van der Waals surface area (Å²) in [6.45, 7) is 1.80. The zero-order chi connectivity index (χ0) is 17.3. The fourth-order valence-corrected chi connectivity index (χ4v) is 2.77. The number of hydrogen-bond acceptors (Lipinski definition) is 4. The molecule has 0 spiro atoms. The van der Waals surface area contributed by atoms with Gasteiger partial charge in [-0.05, 0) is 25.1 Å². The minimum atomic E-state index is -1.20. The molecule has 3 rings (SSSR count). The van der Waals surface area contributed by atoms with Crippen molar-refractivity contribution < 1.29 is 9.90 Å². The molecular formula is C15H14ClN5O3. The van der Waals surface area contributed by atoms with E-state index in [1.54, 1.807) is 37.4 Å². The van der Waals surface area contributed by atoms with Gasteiger partial charge in [-0.2, -0.15) is 5.10 Å². The van der Waals surface area contributed by atoms with Gasteiger partial charge in [-0.25, -0.2) is 9.78 Å². The number of nitrogens with zero attached hydrogens (tertiary/aromatic N) is 3. The second-order valence-corrected chi connectivity index (χ2v) is 5.66. The Balaban J connectivity index is 2.23. The molecule has 8 nitrogen and oxygen atoms in total. The normalized spacial score (nSPS) is 12.2. The lowest BCUT2D eigenvalue weighted by Gasteiger charge is -2.18. The van der Waals surface area contributed by atoms with E-state index in [-0.39, 0.29) is 12.1 Å². The summed E-state index contributed by atoms with van der Waals surface area (Å²) in [6.07, 6.45) is 0.372. The van der Waals surface area contributed by atoms with Gasteiger partial charge in [0.1, 0.15) is 5.82 Å². The molecule has 1 atom stereocenters. The molecule has 24 heavy (non-hydrogen) atoms. The molecule has 0 aliphatic carbocycles. The number of H-pyrrole nitrogens is 1. The van der Waals surface area contributed by atoms with Gasteiger partial charge in [0.2, 0.25) is 0 Å². The predicted molar refractivity (Wildman–Crippen MR) is 88.3 cm³/mol. The van der Waals surface area contributed by atoms with E-state index >= 15 is 0 Å². The minimum absolute atomic E-state index is 0.175. The van der Waals surface area contributed by atoms with Crippen molar-refractivity contribution >= 4 is 28.6 Å². The Morgan fingerprint density at radius 1 is 1.46 bits per heavy atom. The Kier molecular flexibility index (Phi) is 4.22. The molecule has 1 unspecified atom stereocenters. The molecule has 0 radical (unpaired) electrons. The van der Waals surface area contributed by atoms with Crippen LogP contribution in [0.2, 0.25) is 5.02 Å². The molecular weight excluding hydrogens is 334 g/mol. The van der Waals surface area contributed by atoms with Crippen molar-refractivity contribution in [2.24, 2.45) is 0 Å². The van der Waals surface area contributed by atoms with Gasteiger partial charge in [0.25, 0.3) is 5.56 Å². The lowest BCUT2D eigenvalue weighted by molar-refractivity contribution is 0.190. The van der Waals surface area contributed by atoms with Crippen molar-refractivity contribution in [2.75, 3.05) is 0 Å². The van der Waals surface area contributed by atoms with Crippen LogP contribution in [0.1, 0.15) is 24.5 Å². The topological polar surface area (TPSA) is 113 Å². The van der Waals surface area contributed by atoms with Crippen LogP contribution in [0.3, 0.4) is 0 Å².